The summed E-state index contributed by atoms with van der Waals surface area (Å²) < 4.78 is 29.1. The topological polar surface area (TPSA) is 66.4 Å². The molecule has 3 heterocycles. The Morgan fingerprint density at radius 2 is 1.76 bits per heavy atom. The lowest BCUT2D eigenvalue weighted by molar-refractivity contribution is -0.283. The molecule has 5 atom stereocenters. The van der Waals surface area contributed by atoms with Crippen molar-refractivity contribution in [3.05, 3.63) is 12.7 Å². The number of aliphatic hydroxyl groups is 1. The number of rotatable bonds is 3. The van der Waals surface area contributed by atoms with Crippen LogP contribution < -0.4 is 0 Å². The van der Waals surface area contributed by atoms with Gasteiger partial charge < -0.3 is 28.8 Å². The lowest BCUT2D eigenvalue weighted by atomic mass is 10.0. The second-order valence-corrected chi connectivity index (χ2v) is 6.81. The molecule has 6 heteroatoms. The molecule has 21 heavy (non-hydrogen) atoms. The molecule has 3 aliphatic rings. The summed E-state index contributed by atoms with van der Waals surface area (Å²) in [4.78, 5) is 0. The molecule has 3 rings (SSSR count). The van der Waals surface area contributed by atoms with Crippen LogP contribution in [0.1, 0.15) is 34.1 Å². The maximum atomic E-state index is 10.8. The molecule has 120 valence electrons. The van der Waals surface area contributed by atoms with Crippen LogP contribution in [0.3, 0.4) is 0 Å². The highest BCUT2D eigenvalue weighted by Crippen LogP contribution is 2.46. The van der Waals surface area contributed by atoms with Crippen molar-refractivity contribution in [2.75, 3.05) is 6.61 Å². The van der Waals surface area contributed by atoms with Crippen molar-refractivity contribution < 1.29 is 28.8 Å². The predicted molar refractivity (Wildman–Crippen MR) is 73.4 cm³/mol. The van der Waals surface area contributed by atoms with Gasteiger partial charge in [0.05, 0.1) is 6.61 Å². The average molecular weight is 300 g/mol. The molecule has 0 radical (unpaired) electrons. The molecule has 1 unspecified atom stereocenters. The van der Waals surface area contributed by atoms with Gasteiger partial charge in [-0.15, -0.1) is 6.58 Å². The summed E-state index contributed by atoms with van der Waals surface area (Å²) in [5, 5.41) is 10.8. The highest BCUT2D eigenvalue weighted by molar-refractivity contribution is 5.06. The van der Waals surface area contributed by atoms with Gasteiger partial charge in [0, 0.05) is 6.42 Å². The van der Waals surface area contributed by atoms with Crippen LogP contribution in [0.4, 0.5) is 0 Å². The van der Waals surface area contributed by atoms with Gasteiger partial charge in [0.1, 0.15) is 24.4 Å². The largest absolute Gasteiger partial charge is 0.363 e. The number of hydrogen-bond acceptors (Lipinski definition) is 6. The first-order valence-electron chi connectivity index (χ1n) is 7.34. The summed E-state index contributed by atoms with van der Waals surface area (Å²) in [6, 6.07) is 0. The van der Waals surface area contributed by atoms with E-state index in [-0.39, 0.29) is 12.5 Å². The first-order valence-corrected chi connectivity index (χ1v) is 7.34. The van der Waals surface area contributed by atoms with Crippen molar-refractivity contribution >= 4 is 0 Å². The minimum atomic E-state index is -1.44. The van der Waals surface area contributed by atoms with Gasteiger partial charge >= 0.3 is 0 Å². The molecule has 0 aromatic rings. The van der Waals surface area contributed by atoms with Crippen LogP contribution in [-0.4, -0.2) is 53.5 Å². The van der Waals surface area contributed by atoms with E-state index in [1.54, 1.807) is 6.08 Å². The second-order valence-electron chi connectivity index (χ2n) is 6.81. The van der Waals surface area contributed by atoms with Crippen LogP contribution in [0.2, 0.25) is 0 Å². The fourth-order valence-electron chi connectivity index (χ4n) is 3.28. The van der Waals surface area contributed by atoms with Crippen LogP contribution in [-0.2, 0) is 23.7 Å². The highest BCUT2D eigenvalue weighted by atomic mass is 16.8. The summed E-state index contributed by atoms with van der Waals surface area (Å²) in [6.07, 6.45) is 0.174. The first-order chi connectivity index (χ1) is 9.66. The Balaban J connectivity index is 1.84. The van der Waals surface area contributed by atoms with E-state index in [9.17, 15) is 5.11 Å². The zero-order valence-corrected chi connectivity index (χ0v) is 13.0. The van der Waals surface area contributed by atoms with E-state index in [0.717, 1.165) is 0 Å². The van der Waals surface area contributed by atoms with Crippen molar-refractivity contribution in [2.24, 2.45) is 0 Å². The molecule has 6 nitrogen and oxygen atoms in total. The third kappa shape index (κ3) is 2.65. The molecule has 0 spiro atoms. The Morgan fingerprint density at radius 1 is 1.05 bits per heavy atom. The predicted octanol–water partition coefficient (Wildman–Crippen LogP) is 1.32. The van der Waals surface area contributed by atoms with Crippen molar-refractivity contribution in [3.63, 3.8) is 0 Å². The first kappa shape index (κ1) is 15.4. The van der Waals surface area contributed by atoms with Crippen molar-refractivity contribution in [3.8, 4) is 0 Å². The number of ether oxygens (including phenoxy) is 5. The van der Waals surface area contributed by atoms with E-state index in [2.05, 4.69) is 6.58 Å². The summed E-state index contributed by atoms with van der Waals surface area (Å²) in [5.74, 6) is -2.86. The van der Waals surface area contributed by atoms with E-state index in [1.807, 2.05) is 27.7 Å². The monoisotopic (exact) mass is 300 g/mol. The SMILES string of the molecule is C=CCC1(O)O[C@H]([C@H]2COC(C)(C)O2)[C@@H]2OC(C)(C)O[C@@H]21. The van der Waals surface area contributed by atoms with Gasteiger partial charge in [-0.1, -0.05) is 6.08 Å². The molecule has 3 fully saturated rings. The quantitative estimate of drug-likeness (QED) is 0.793. The smallest absolute Gasteiger partial charge is 0.199 e. The Kier molecular flexibility index (Phi) is 3.48. The molecule has 0 saturated carbocycles. The minimum absolute atomic E-state index is 0.265. The molecular formula is C15H24O6. The lowest BCUT2D eigenvalue weighted by Crippen LogP contribution is -2.42. The van der Waals surface area contributed by atoms with Gasteiger partial charge in [0.15, 0.2) is 17.4 Å². The molecule has 0 aromatic carbocycles. The van der Waals surface area contributed by atoms with Crippen LogP contribution in [0.5, 0.6) is 0 Å². The molecule has 0 aliphatic carbocycles. The molecular weight excluding hydrogens is 276 g/mol. The zero-order chi connectivity index (χ0) is 15.5. The highest BCUT2D eigenvalue weighted by Gasteiger charge is 2.64. The van der Waals surface area contributed by atoms with Crippen LogP contribution in [0.15, 0.2) is 12.7 Å². The van der Waals surface area contributed by atoms with Crippen LogP contribution >= 0.6 is 0 Å². The fourth-order valence-corrected chi connectivity index (χ4v) is 3.28. The van der Waals surface area contributed by atoms with E-state index in [0.29, 0.717) is 6.61 Å². The average Bonchev–Trinajstić information content (AvgIpc) is 2.93. The Bertz CT molecular complexity index is 434. The van der Waals surface area contributed by atoms with Crippen LogP contribution in [0, 0.1) is 0 Å². The van der Waals surface area contributed by atoms with Crippen molar-refractivity contribution in [2.45, 2.75) is 75.9 Å². The normalized spacial score (nSPS) is 47.5. The molecule has 0 amide bonds. The Labute approximate surface area is 125 Å². The number of fused-ring (bicyclic) bond motifs is 1. The van der Waals surface area contributed by atoms with E-state index >= 15 is 0 Å². The maximum absolute atomic E-state index is 10.8. The van der Waals surface area contributed by atoms with Gasteiger partial charge in [-0.2, -0.15) is 0 Å². The number of hydrogen-bond donors (Lipinski definition) is 1. The van der Waals surface area contributed by atoms with Crippen LogP contribution in [0.25, 0.3) is 0 Å². The molecule has 1 N–H and O–H groups in total. The van der Waals surface area contributed by atoms with Gasteiger partial charge in [-0.05, 0) is 27.7 Å². The summed E-state index contributed by atoms with van der Waals surface area (Å²) in [5.41, 5.74) is 0. The van der Waals surface area contributed by atoms with Gasteiger partial charge in [-0.25, -0.2) is 0 Å². The zero-order valence-electron chi connectivity index (χ0n) is 13.0. The van der Waals surface area contributed by atoms with Gasteiger partial charge in [0.25, 0.3) is 0 Å². The van der Waals surface area contributed by atoms with Gasteiger partial charge in [-0.3, -0.25) is 0 Å². The maximum Gasteiger partial charge on any atom is 0.199 e. The molecule has 3 saturated heterocycles. The standard InChI is InChI=1S/C15H24O6/c1-6-7-15(16)12-11(19-14(4,5)21-12)10(20-15)9-8-17-13(2,3)18-9/h6,9-12,16H,1,7-8H2,2-5H3/t9-,10-,11+,12+,15?/m1/s1. The Morgan fingerprint density at radius 3 is 2.33 bits per heavy atom. The van der Waals surface area contributed by atoms with E-state index in [1.165, 1.54) is 0 Å². The molecule has 0 aromatic heterocycles. The van der Waals surface area contributed by atoms with Gasteiger partial charge in [0.2, 0.25) is 0 Å². The summed E-state index contributed by atoms with van der Waals surface area (Å²) in [7, 11) is 0. The van der Waals surface area contributed by atoms with Crippen molar-refractivity contribution in [1.82, 2.24) is 0 Å². The van der Waals surface area contributed by atoms with E-state index in [4.69, 9.17) is 23.7 Å². The third-order valence-corrected chi connectivity index (χ3v) is 4.07. The molecule has 3 aliphatic heterocycles. The second kappa shape index (κ2) is 4.75. The van der Waals surface area contributed by atoms with E-state index < -0.39 is 35.7 Å². The Hall–Kier alpha value is -0.500. The molecule has 0 bridgehead atoms. The lowest BCUT2D eigenvalue weighted by Gasteiger charge is -2.30. The minimum Gasteiger partial charge on any atom is -0.363 e. The van der Waals surface area contributed by atoms with Crippen molar-refractivity contribution in [1.29, 1.82) is 0 Å². The summed E-state index contributed by atoms with van der Waals surface area (Å²) in [6.45, 7) is 11.4. The third-order valence-electron chi connectivity index (χ3n) is 4.07. The summed E-state index contributed by atoms with van der Waals surface area (Å²) >= 11 is 0. The fraction of sp³-hybridized carbons (Fsp3) is 0.867.